The predicted octanol–water partition coefficient (Wildman–Crippen LogP) is 1.66. The second-order valence-corrected chi connectivity index (χ2v) is 3.34. The van der Waals surface area contributed by atoms with Crippen LogP contribution in [0.5, 0.6) is 17.2 Å². The first kappa shape index (κ1) is 13.1. The van der Waals surface area contributed by atoms with Crippen LogP contribution >= 0.6 is 0 Å². The lowest BCUT2D eigenvalue weighted by Gasteiger charge is -2.15. The van der Waals surface area contributed by atoms with E-state index in [1.807, 2.05) is 6.07 Å². The number of aliphatic hydroxyl groups excluding tert-OH is 1. The monoisotopic (exact) mass is 237 g/mol. The Morgan fingerprint density at radius 2 is 1.71 bits per heavy atom. The third-order valence-electron chi connectivity index (χ3n) is 2.36. The van der Waals surface area contributed by atoms with Crippen molar-refractivity contribution in [2.75, 3.05) is 21.3 Å². The molecule has 17 heavy (non-hydrogen) atoms. The molecule has 0 saturated heterocycles. The molecule has 0 aliphatic heterocycles. The minimum atomic E-state index is -0.867. The fourth-order valence-corrected chi connectivity index (χ4v) is 1.50. The first-order chi connectivity index (χ1) is 8.17. The van der Waals surface area contributed by atoms with Crippen LogP contribution in [-0.2, 0) is 0 Å². The van der Waals surface area contributed by atoms with E-state index in [-0.39, 0.29) is 6.42 Å². The maximum Gasteiger partial charge on any atom is 0.203 e. The molecule has 0 fully saturated rings. The number of hydrogen-bond donors (Lipinski definition) is 1. The number of ether oxygens (including phenoxy) is 3. The van der Waals surface area contributed by atoms with Crippen LogP contribution in [0.2, 0.25) is 0 Å². The number of benzene rings is 1. The number of methoxy groups -OCH3 is 3. The van der Waals surface area contributed by atoms with Gasteiger partial charge in [0.2, 0.25) is 5.75 Å². The van der Waals surface area contributed by atoms with Gasteiger partial charge in [-0.25, -0.2) is 0 Å². The smallest absolute Gasteiger partial charge is 0.203 e. The van der Waals surface area contributed by atoms with E-state index in [0.717, 1.165) is 0 Å². The fraction of sp³-hybridized carbons (Fsp3) is 0.417. The Kier molecular flexibility index (Phi) is 4.61. The average molecular weight is 237 g/mol. The molecule has 1 atom stereocenters. The molecule has 0 radical (unpaired) electrons. The van der Waals surface area contributed by atoms with Crippen LogP contribution in [0.4, 0.5) is 0 Å². The Bertz CT molecular complexity index is 400. The molecule has 0 saturated carbocycles. The van der Waals surface area contributed by atoms with Crippen LogP contribution in [0.1, 0.15) is 18.1 Å². The SMILES string of the molecule is COc1cc(C(O)CC#N)cc(OC)c1OC. The quantitative estimate of drug-likeness (QED) is 0.843. The van der Waals surface area contributed by atoms with Gasteiger partial charge in [0.1, 0.15) is 0 Å². The molecule has 1 N–H and O–H groups in total. The summed E-state index contributed by atoms with van der Waals surface area (Å²) in [6, 6.07) is 5.16. The Hall–Kier alpha value is -1.93. The highest BCUT2D eigenvalue weighted by Crippen LogP contribution is 2.39. The lowest BCUT2D eigenvalue weighted by atomic mass is 10.1. The predicted molar refractivity (Wildman–Crippen MR) is 61.3 cm³/mol. The molecule has 0 aromatic heterocycles. The van der Waals surface area contributed by atoms with Gasteiger partial charge in [-0.05, 0) is 17.7 Å². The normalized spacial score (nSPS) is 11.5. The largest absolute Gasteiger partial charge is 0.493 e. The Morgan fingerprint density at radius 1 is 1.18 bits per heavy atom. The molecular weight excluding hydrogens is 222 g/mol. The third-order valence-corrected chi connectivity index (χ3v) is 2.36. The van der Waals surface area contributed by atoms with Crippen LogP contribution in [0.25, 0.3) is 0 Å². The zero-order valence-electron chi connectivity index (χ0n) is 10.1. The van der Waals surface area contributed by atoms with Crippen molar-refractivity contribution in [3.8, 4) is 23.3 Å². The minimum absolute atomic E-state index is 0.0125. The van der Waals surface area contributed by atoms with E-state index in [0.29, 0.717) is 22.8 Å². The van der Waals surface area contributed by atoms with E-state index >= 15 is 0 Å². The summed E-state index contributed by atoms with van der Waals surface area (Å²) >= 11 is 0. The summed E-state index contributed by atoms with van der Waals surface area (Å²) in [6.07, 6.45) is -0.854. The fourth-order valence-electron chi connectivity index (χ4n) is 1.50. The molecular formula is C12H15NO4. The van der Waals surface area contributed by atoms with Crippen molar-refractivity contribution in [2.24, 2.45) is 0 Å². The zero-order chi connectivity index (χ0) is 12.8. The van der Waals surface area contributed by atoms with Gasteiger partial charge < -0.3 is 19.3 Å². The highest BCUT2D eigenvalue weighted by atomic mass is 16.5. The van der Waals surface area contributed by atoms with Gasteiger partial charge >= 0.3 is 0 Å². The van der Waals surface area contributed by atoms with Crippen molar-refractivity contribution in [3.05, 3.63) is 17.7 Å². The van der Waals surface area contributed by atoms with Crippen LogP contribution in [-0.4, -0.2) is 26.4 Å². The van der Waals surface area contributed by atoms with E-state index in [2.05, 4.69) is 0 Å². The topological polar surface area (TPSA) is 71.7 Å². The van der Waals surface area contributed by atoms with Gasteiger partial charge in [0, 0.05) is 0 Å². The van der Waals surface area contributed by atoms with Gasteiger partial charge in [0.25, 0.3) is 0 Å². The summed E-state index contributed by atoms with van der Waals surface area (Å²) in [6.45, 7) is 0. The minimum Gasteiger partial charge on any atom is -0.493 e. The van der Waals surface area contributed by atoms with Gasteiger partial charge in [-0.15, -0.1) is 0 Å². The maximum atomic E-state index is 9.75. The Balaban J connectivity index is 3.22. The molecule has 1 aromatic carbocycles. The Labute approximate surface area is 100 Å². The van der Waals surface area contributed by atoms with E-state index in [4.69, 9.17) is 19.5 Å². The van der Waals surface area contributed by atoms with Crippen LogP contribution < -0.4 is 14.2 Å². The van der Waals surface area contributed by atoms with E-state index in [1.165, 1.54) is 21.3 Å². The molecule has 0 bridgehead atoms. The molecule has 5 nitrogen and oxygen atoms in total. The van der Waals surface area contributed by atoms with Gasteiger partial charge in [-0.3, -0.25) is 0 Å². The number of hydrogen-bond acceptors (Lipinski definition) is 5. The first-order valence-electron chi connectivity index (χ1n) is 5.02. The lowest BCUT2D eigenvalue weighted by molar-refractivity contribution is 0.182. The summed E-state index contributed by atoms with van der Waals surface area (Å²) in [5.41, 5.74) is 0.557. The van der Waals surface area contributed by atoms with Crippen molar-refractivity contribution in [3.63, 3.8) is 0 Å². The van der Waals surface area contributed by atoms with Crippen molar-refractivity contribution in [2.45, 2.75) is 12.5 Å². The lowest BCUT2D eigenvalue weighted by Crippen LogP contribution is -2.01. The summed E-state index contributed by atoms with van der Waals surface area (Å²) in [7, 11) is 4.50. The summed E-state index contributed by atoms with van der Waals surface area (Å²) in [5, 5.41) is 18.3. The maximum absolute atomic E-state index is 9.75. The first-order valence-corrected chi connectivity index (χ1v) is 5.02. The summed E-state index contributed by atoms with van der Waals surface area (Å²) in [5.74, 6) is 1.38. The van der Waals surface area contributed by atoms with Crippen molar-refractivity contribution >= 4 is 0 Å². The van der Waals surface area contributed by atoms with Gasteiger partial charge in [0.05, 0.1) is 39.9 Å². The number of nitrogens with zero attached hydrogens (tertiary/aromatic N) is 1. The molecule has 1 unspecified atom stereocenters. The molecule has 0 spiro atoms. The standard InChI is InChI=1S/C12H15NO4/c1-15-10-6-8(9(14)4-5-13)7-11(16-2)12(10)17-3/h6-7,9,14H,4H2,1-3H3. The van der Waals surface area contributed by atoms with E-state index < -0.39 is 6.10 Å². The van der Waals surface area contributed by atoms with Crippen LogP contribution in [0, 0.1) is 11.3 Å². The van der Waals surface area contributed by atoms with Crippen molar-refractivity contribution in [1.29, 1.82) is 5.26 Å². The third kappa shape index (κ3) is 2.80. The van der Waals surface area contributed by atoms with E-state index in [1.54, 1.807) is 12.1 Å². The average Bonchev–Trinajstić information content (AvgIpc) is 2.37. The molecule has 0 aliphatic carbocycles. The molecule has 92 valence electrons. The van der Waals surface area contributed by atoms with Gasteiger partial charge in [0.15, 0.2) is 11.5 Å². The molecule has 0 aliphatic rings. The highest BCUT2D eigenvalue weighted by molar-refractivity contribution is 5.54. The number of aliphatic hydroxyl groups is 1. The van der Waals surface area contributed by atoms with Gasteiger partial charge in [-0.2, -0.15) is 5.26 Å². The summed E-state index contributed by atoms with van der Waals surface area (Å²) < 4.78 is 15.5. The van der Waals surface area contributed by atoms with Gasteiger partial charge in [-0.1, -0.05) is 0 Å². The Morgan fingerprint density at radius 3 is 2.06 bits per heavy atom. The molecule has 1 rings (SSSR count). The van der Waals surface area contributed by atoms with Crippen molar-refractivity contribution < 1.29 is 19.3 Å². The van der Waals surface area contributed by atoms with Crippen molar-refractivity contribution in [1.82, 2.24) is 0 Å². The zero-order valence-corrected chi connectivity index (χ0v) is 10.1. The van der Waals surface area contributed by atoms with E-state index in [9.17, 15) is 5.11 Å². The second-order valence-electron chi connectivity index (χ2n) is 3.34. The molecule has 0 amide bonds. The number of nitriles is 1. The highest BCUT2D eigenvalue weighted by Gasteiger charge is 2.16. The molecule has 1 aromatic rings. The van der Waals surface area contributed by atoms with Crippen LogP contribution in [0.3, 0.4) is 0 Å². The number of rotatable bonds is 5. The molecule has 5 heteroatoms. The molecule has 0 heterocycles. The van der Waals surface area contributed by atoms with Crippen LogP contribution in [0.15, 0.2) is 12.1 Å². The second kappa shape index (κ2) is 5.97. The summed E-state index contributed by atoms with van der Waals surface area (Å²) in [4.78, 5) is 0.